The van der Waals surface area contributed by atoms with E-state index < -0.39 is 22.6 Å². The van der Waals surface area contributed by atoms with Crippen LogP contribution in [0.3, 0.4) is 0 Å². The van der Waals surface area contributed by atoms with Crippen LogP contribution in [-0.2, 0) is 13.6 Å². The van der Waals surface area contributed by atoms with Gasteiger partial charge in [-0.05, 0) is 39.3 Å². The van der Waals surface area contributed by atoms with Crippen LogP contribution in [0, 0.1) is 0 Å². The Morgan fingerprint density at radius 2 is 1.31 bits per heavy atom. The molecule has 6 heteroatoms. The summed E-state index contributed by atoms with van der Waals surface area (Å²) in [6.07, 6.45) is 0.851. The van der Waals surface area contributed by atoms with Gasteiger partial charge in [-0.1, -0.05) is 6.04 Å². The van der Waals surface area contributed by atoms with Crippen molar-refractivity contribution in [2.75, 3.05) is 7.11 Å². The van der Waals surface area contributed by atoms with Crippen molar-refractivity contribution >= 4 is 26.9 Å². The number of hydrogen-bond donors (Lipinski definition) is 0. The topological polar surface area (TPSA) is 27.7 Å². The lowest BCUT2D eigenvalue weighted by molar-refractivity contribution is -0.300. The van der Waals surface area contributed by atoms with E-state index in [0.717, 1.165) is 22.7 Å². The first-order valence-corrected chi connectivity index (χ1v) is 14.2. The van der Waals surface area contributed by atoms with E-state index in [4.69, 9.17) is 13.6 Å². The molecule has 0 bridgehead atoms. The maximum atomic E-state index is 6.14. The fraction of sp³-hybridized carbons (Fsp3) is 1.00. The molecule has 0 heterocycles. The van der Waals surface area contributed by atoms with Crippen LogP contribution >= 0.6 is 0 Å². The first kappa shape index (κ1) is 16.5. The van der Waals surface area contributed by atoms with Crippen molar-refractivity contribution in [1.29, 1.82) is 0 Å². The molecule has 0 saturated carbocycles. The zero-order valence-electron chi connectivity index (χ0n) is 12.1. The number of ether oxygens (including phenoxy) is 1. The Bertz CT molecular complexity index is 192. The van der Waals surface area contributed by atoms with Crippen LogP contribution in [-0.4, -0.2) is 40.0 Å². The normalized spacial score (nSPS) is 14.4. The van der Waals surface area contributed by atoms with E-state index >= 15 is 0 Å². The molecule has 0 aliphatic rings. The zero-order valence-corrected chi connectivity index (χ0v) is 16.1. The van der Waals surface area contributed by atoms with E-state index in [9.17, 15) is 0 Å². The summed E-state index contributed by atoms with van der Waals surface area (Å²) in [5.41, 5.74) is 0. The molecule has 0 aliphatic carbocycles. The van der Waals surface area contributed by atoms with Gasteiger partial charge >= 0.3 is 0 Å². The van der Waals surface area contributed by atoms with Crippen molar-refractivity contribution in [3.05, 3.63) is 0 Å². The number of methoxy groups -OCH3 is 1. The summed E-state index contributed by atoms with van der Waals surface area (Å²) >= 11 is 0. The van der Waals surface area contributed by atoms with Gasteiger partial charge < -0.3 is 13.6 Å². The lowest BCUT2D eigenvalue weighted by Gasteiger charge is -2.41. The van der Waals surface area contributed by atoms with Gasteiger partial charge in [0.25, 0.3) is 5.97 Å². The standard InChI is InChI=1S/C10H28O3Si3/c1-11-10(8-9-14,12-15(2,3)4)13-16(5,6)7/h8-9H2,1-7,14H3. The number of rotatable bonds is 7. The molecule has 0 spiro atoms. The second kappa shape index (κ2) is 5.92. The van der Waals surface area contributed by atoms with Gasteiger partial charge in [0.15, 0.2) is 16.6 Å². The molecule has 0 N–H and O–H groups in total. The Hall–Kier alpha value is 0.531. The molecule has 98 valence electrons. The third-order valence-electron chi connectivity index (χ3n) is 1.79. The maximum Gasteiger partial charge on any atom is 0.263 e. The van der Waals surface area contributed by atoms with Crippen molar-refractivity contribution in [1.82, 2.24) is 0 Å². The fourth-order valence-corrected chi connectivity index (χ4v) is 4.56. The summed E-state index contributed by atoms with van der Waals surface area (Å²) in [6, 6.07) is 1.13. The lowest BCUT2D eigenvalue weighted by atomic mass is 10.4. The fourth-order valence-electron chi connectivity index (χ4n) is 1.55. The quantitative estimate of drug-likeness (QED) is 0.528. The SMILES string of the molecule is COC(CC[SiH3])(O[Si](C)(C)C)O[Si](C)(C)C. The van der Waals surface area contributed by atoms with Crippen molar-refractivity contribution in [3.8, 4) is 0 Å². The van der Waals surface area contributed by atoms with Gasteiger partial charge in [0.1, 0.15) is 0 Å². The smallest absolute Gasteiger partial charge is 0.263 e. The zero-order chi connectivity index (χ0) is 13.0. The van der Waals surface area contributed by atoms with Crippen molar-refractivity contribution in [3.63, 3.8) is 0 Å². The van der Waals surface area contributed by atoms with Crippen LogP contribution in [0.4, 0.5) is 0 Å². The summed E-state index contributed by atoms with van der Waals surface area (Å²) in [5, 5.41) is 0. The highest BCUT2D eigenvalue weighted by atomic mass is 28.4. The molecule has 0 fully saturated rings. The minimum atomic E-state index is -1.66. The predicted molar refractivity (Wildman–Crippen MR) is 78.0 cm³/mol. The Morgan fingerprint density at radius 1 is 0.938 bits per heavy atom. The van der Waals surface area contributed by atoms with Crippen LogP contribution in [0.5, 0.6) is 0 Å². The molecular formula is C10H28O3Si3. The molecule has 0 aromatic carbocycles. The van der Waals surface area contributed by atoms with Crippen LogP contribution < -0.4 is 0 Å². The van der Waals surface area contributed by atoms with Crippen LogP contribution in [0.2, 0.25) is 45.3 Å². The van der Waals surface area contributed by atoms with Crippen LogP contribution in [0.1, 0.15) is 6.42 Å². The molecule has 0 aromatic rings. The van der Waals surface area contributed by atoms with E-state index in [0.29, 0.717) is 0 Å². The molecule has 0 aromatic heterocycles. The van der Waals surface area contributed by atoms with Crippen LogP contribution in [0.15, 0.2) is 0 Å². The third-order valence-corrected chi connectivity index (χ3v) is 4.14. The molecule has 16 heavy (non-hydrogen) atoms. The Kier molecular flexibility index (Phi) is 6.12. The average molecular weight is 281 g/mol. The second-order valence-electron chi connectivity index (χ2n) is 6.07. The molecule has 0 radical (unpaired) electrons. The Morgan fingerprint density at radius 3 is 1.50 bits per heavy atom. The van der Waals surface area contributed by atoms with E-state index in [1.165, 1.54) is 0 Å². The van der Waals surface area contributed by atoms with Gasteiger partial charge in [-0.25, -0.2) is 0 Å². The van der Waals surface area contributed by atoms with Crippen molar-refractivity contribution < 1.29 is 13.6 Å². The Balaban J connectivity index is 4.85. The van der Waals surface area contributed by atoms with E-state index in [-0.39, 0.29) is 0 Å². The highest BCUT2D eigenvalue weighted by Gasteiger charge is 2.40. The molecule has 0 amide bonds. The van der Waals surface area contributed by atoms with Gasteiger partial charge in [0.2, 0.25) is 0 Å². The second-order valence-corrected chi connectivity index (χ2v) is 15.9. The molecule has 0 atom stereocenters. The predicted octanol–water partition coefficient (Wildman–Crippen LogP) is 2.16. The molecule has 0 unspecified atom stereocenters. The molecule has 0 saturated heterocycles. The molecule has 3 nitrogen and oxygen atoms in total. The minimum absolute atomic E-state index is 0.781. The summed E-state index contributed by atoms with van der Waals surface area (Å²) in [5.74, 6) is -0.781. The average Bonchev–Trinajstić information content (AvgIpc) is 1.98. The van der Waals surface area contributed by atoms with Gasteiger partial charge in [-0.3, -0.25) is 0 Å². The van der Waals surface area contributed by atoms with Gasteiger partial charge in [-0.2, -0.15) is 0 Å². The Labute approximate surface area is 106 Å². The molecule has 0 rings (SSSR count). The monoisotopic (exact) mass is 280 g/mol. The summed E-state index contributed by atoms with van der Waals surface area (Å²) < 4.78 is 17.9. The summed E-state index contributed by atoms with van der Waals surface area (Å²) in [6.45, 7) is 13.0. The largest absolute Gasteiger partial charge is 0.370 e. The van der Waals surface area contributed by atoms with Crippen molar-refractivity contribution in [2.45, 2.75) is 57.7 Å². The first-order valence-electron chi connectivity index (χ1n) is 5.99. The highest BCUT2D eigenvalue weighted by molar-refractivity contribution is 6.70. The number of hydrogen-bond acceptors (Lipinski definition) is 3. The third kappa shape index (κ3) is 6.97. The molecular weight excluding hydrogens is 252 g/mol. The van der Waals surface area contributed by atoms with E-state index in [1.807, 2.05) is 0 Å². The summed E-state index contributed by atoms with van der Waals surface area (Å²) in [4.78, 5) is 0. The maximum absolute atomic E-state index is 6.14. The van der Waals surface area contributed by atoms with Gasteiger partial charge in [0.05, 0.1) is 0 Å². The highest BCUT2D eigenvalue weighted by Crippen LogP contribution is 2.29. The van der Waals surface area contributed by atoms with Gasteiger partial charge in [-0.15, -0.1) is 0 Å². The van der Waals surface area contributed by atoms with Gasteiger partial charge in [0, 0.05) is 23.8 Å². The van der Waals surface area contributed by atoms with E-state index in [2.05, 4.69) is 39.3 Å². The van der Waals surface area contributed by atoms with E-state index in [1.54, 1.807) is 7.11 Å². The molecule has 0 aliphatic heterocycles. The van der Waals surface area contributed by atoms with Crippen LogP contribution in [0.25, 0.3) is 0 Å². The minimum Gasteiger partial charge on any atom is -0.370 e. The lowest BCUT2D eigenvalue weighted by Crippen LogP contribution is -2.51. The summed E-state index contributed by atoms with van der Waals surface area (Å²) in [7, 11) is -0.486. The first-order chi connectivity index (χ1) is 7.04. The van der Waals surface area contributed by atoms with Crippen molar-refractivity contribution in [2.24, 2.45) is 0 Å².